The number of anilines is 1. The molecule has 0 spiro atoms. The molecule has 2 fully saturated rings. The van der Waals surface area contributed by atoms with E-state index in [1.165, 1.54) is 6.07 Å². The van der Waals surface area contributed by atoms with Crippen molar-refractivity contribution in [2.45, 2.75) is 25.9 Å². The predicted octanol–water partition coefficient (Wildman–Crippen LogP) is 2.03. The number of benzene rings is 1. The number of nitrogens with one attached hydrogen (secondary N) is 2. The van der Waals surface area contributed by atoms with Gasteiger partial charge in [0.05, 0.1) is 30.7 Å². The molecule has 2 N–H and O–H groups in total. The van der Waals surface area contributed by atoms with Gasteiger partial charge in [-0.3, -0.25) is 5.43 Å². The third kappa shape index (κ3) is 5.12. The van der Waals surface area contributed by atoms with Crippen molar-refractivity contribution in [3.63, 3.8) is 0 Å². The molecule has 2 saturated heterocycles. The van der Waals surface area contributed by atoms with Gasteiger partial charge in [-0.25, -0.2) is 4.39 Å². The Kier molecular flexibility index (Phi) is 6.76. The molecular weight excluding hydrogens is 355 g/mol. The zero-order chi connectivity index (χ0) is 18.4. The Morgan fingerprint density at radius 3 is 2.85 bits per heavy atom. The fourth-order valence-electron chi connectivity index (χ4n) is 3.04. The highest BCUT2D eigenvalue weighted by molar-refractivity contribution is 7.80. The average molecular weight is 380 g/mol. The molecule has 0 aliphatic carbocycles. The number of hydrazone groups is 1. The number of rotatable bonds is 5. The van der Waals surface area contributed by atoms with Crippen LogP contribution in [0.1, 0.15) is 25.3 Å². The van der Waals surface area contributed by atoms with Crippen LogP contribution in [0.3, 0.4) is 0 Å². The molecule has 0 saturated carbocycles. The predicted molar refractivity (Wildman–Crippen MR) is 104 cm³/mol. The minimum Gasteiger partial charge on any atom is -0.378 e. The van der Waals surface area contributed by atoms with Crippen LogP contribution in [0.25, 0.3) is 0 Å². The van der Waals surface area contributed by atoms with Crippen molar-refractivity contribution in [2.75, 3.05) is 44.4 Å². The first kappa shape index (κ1) is 19.0. The van der Waals surface area contributed by atoms with Gasteiger partial charge in [-0.05, 0) is 44.1 Å². The second-order valence-corrected chi connectivity index (χ2v) is 6.83. The van der Waals surface area contributed by atoms with Crippen molar-refractivity contribution in [1.29, 1.82) is 0 Å². The van der Waals surface area contributed by atoms with Crippen LogP contribution in [0, 0.1) is 5.82 Å². The first-order chi connectivity index (χ1) is 12.6. The van der Waals surface area contributed by atoms with Crippen LogP contribution in [0.5, 0.6) is 0 Å². The molecule has 2 aliphatic rings. The highest BCUT2D eigenvalue weighted by Crippen LogP contribution is 2.22. The summed E-state index contributed by atoms with van der Waals surface area (Å²) in [6, 6.07) is 5.17. The van der Waals surface area contributed by atoms with Crippen molar-refractivity contribution in [1.82, 2.24) is 10.7 Å². The van der Waals surface area contributed by atoms with Gasteiger partial charge >= 0.3 is 0 Å². The quantitative estimate of drug-likeness (QED) is 0.463. The molecule has 142 valence electrons. The topological polar surface area (TPSA) is 58.1 Å². The fourth-order valence-corrected chi connectivity index (χ4v) is 3.17. The van der Waals surface area contributed by atoms with Crippen molar-refractivity contribution in [2.24, 2.45) is 5.10 Å². The van der Waals surface area contributed by atoms with Crippen molar-refractivity contribution in [3.05, 3.63) is 29.6 Å². The number of halogens is 1. The lowest BCUT2D eigenvalue weighted by Crippen LogP contribution is -2.37. The van der Waals surface area contributed by atoms with E-state index >= 15 is 0 Å². The molecule has 0 aromatic heterocycles. The van der Waals surface area contributed by atoms with Gasteiger partial charge in [-0.2, -0.15) is 5.10 Å². The number of hydrogen-bond acceptors (Lipinski definition) is 5. The number of nitrogens with zero attached hydrogens (tertiary/aromatic N) is 2. The monoisotopic (exact) mass is 380 g/mol. The van der Waals surface area contributed by atoms with Crippen LogP contribution in [-0.4, -0.2) is 56.4 Å². The first-order valence-corrected chi connectivity index (χ1v) is 9.36. The maximum atomic E-state index is 14.5. The molecule has 1 atom stereocenters. The Bertz CT molecular complexity index is 659. The Hall–Kier alpha value is -1.77. The number of ether oxygens (including phenoxy) is 2. The summed E-state index contributed by atoms with van der Waals surface area (Å²) in [5.74, 6) is -0.252. The van der Waals surface area contributed by atoms with E-state index in [0.29, 0.717) is 54.9 Å². The summed E-state index contributed by atoms with van der Waals surface area (Å²) in [6.45, 7) is 5.97. The molecule has 0 amide bonds. The summed E-state index contributed by atoms with van der Waals surface area (Å²) in [6.07, 6.45) is 2.35. The zero-order valence-corrected chi connectivity index (χ0v) is 15.8. The number of morpholine rings is 1. The molecule has 2 aliphatic heterocycles. The van der Waals surface area contributed by atoms with Gasteiger partial charge in [-0.1, -0.05) is 6.07 Å². The molecule has 0 bridgehead atoms. The van der Waals surface area contributed by atoms with E-state index in [2.05, 4.69) is 15.8 Å². The van der Waals surface area contributed by atoms with Crippen molar-refractivity contribution < 1.29 is 13.9 Å². The van der Waals surface area contributed by atoms with E-state index in [1.54, 1.807) is 6.07 Å². The molecule has 3 rings (SSSR count). The molecule has 1 aromatic rings. The largest absolute Gasteiger partial charge is 0.378 e. The first-order valence-electron chi connectivity index (χ1n) is 8.96. The van der Waals surface area contributed by atoms with Gasteiger partial charge < -0.3 is 19.7 Å². The SMILES string of the molecule is C/C(=N/NC(=S)NC[C@@H]1CCCO1)c1ccc(N2CCOCC2)c(F)c1. The van der Waals surface area contributed by atoms with Crippen LogP contribution >= 0.6 is 12.2 Å². The summed E-state index contributed by atoms with van der Waals surface area (Å²) in [5.41, 5.74) is 4.79. The number of hydrogen-bond donors (Lipinski definition) is 2. The van der Waals surface area contributed by atoms with Gasteiger partial charge in [0, 0.05) is 31.8 Å². The van der Waals surface area contributed by atoms with Gasteiger partial charge in [0.2, 0.25) is 0 Å². The molecule has 0 unspecified atom stereocenters. The third-order valence-electron chi connectivity index (χ3n) is 4.56. The summed E-state index contributed by atoms with van der Waals surface area (Å²) < 4.78 is 25.3. The molecule has 8 heteroatoms. The van der Waals surface area contributed by atoms with Gasteiger partial charge in [0.1, 0.15) is 5.82 Å². The Balaban J connectivity index is 1.54. The minimum atomic E-state index is -0.252. The molecule has 0 radical (unpaired) electrons. The third-order valence-corrected chi connectivity index (χ3v) is 4.79. The summed E-state index contributed by atoms with van der Waals surface area (Å²) >= 11 is 5.21. The summed E-state index contributed by atoms with van der Waals surface area (Å²) in [7, 11) is 0. The smallest absolute Gasteiger partial charge is 0.187 e. The Labute approximate surface area is 158 Å². The summed E-state index contributed by atoms with van der Waals surface area (Å²) in [5, 5.41) is 7.77. The zero-order valence-electron chi connectivity index (χ0n) is 15.0. The number of thiocarbonyl (C=S) groups is 1. The van der Waals surface area contributed by atoms with Crippen LogP contribution in [0.2, 0.25) is 0 Å². The van der Waals surface area contributed by atoms with Crippen molar-refractivity contribution in [3.8, 4) is 0 Å². The van der Waals surface area contributed by atoms with E-state index in [4.69, 9.17) is 21.7 Å². The molecule has 26 heavy (non-hydrogen) atoms. The molecule has 2 heterocycles. The normalized spacial score (nSPS) is 20.9. The van der Waals surface area contributed by atoms with Gasteiger partial charge in [-0.15, -0.1) is 0 Å². The van der Waals surface area contributed by atoms with Crippen molar-refractivity contribution >= 4 is 28.7 Å². The van der Waals surface area contributed by atoms with Crippen LogP contribution in [-0.2, 0) is 9.47 Å². The van der Waals surface area contributed by atoms with E-state index in [1.807, 2.05) is 17.9 Å². The summed E-state index contributed by atoms with van der Waals surface area (Å²) in [4.78, 5) is 2.00. The van der Waals surface area contributed by atoms with Crippen LogP contribution in [0.15, 0.2) is 23.3 Å². The van der Waals surface area contributed by atoms with Crippen LogP contribution in [0.4, 0.5) is 10.1 Å². The van der Waals surface area contributed by atoms with E-state index in [9.17, 15) is 4.39 Å². The molecular formula is C18H25FN4O2S. The Morgan fingerprint density at radius 2 is 2.15 bits per heavy atom. The maximum absolute atomic E-state index is 14.5. The lowest BCUT2D eigenvalue weighted by atomic mass is 10.1. The molecule has 6 nitrogen and oxygen atoms in total. The lowest BCUT2D eigenvalue weighted by Gasteiger charge is -2.29. The van der Waals surface area contributed by atoms with E-state index in [-0.39, 0.29) is 11.9 Å². The van der Waals surface area contributed by atoms with Crippen LogP contribution < -0.4 is 15.6 Å². The molecule has 1 aromatic carbocycles. The fraction of sp³-hybridized carbons (Fsp3) is 0.556. The van der Waals surface area contributed by atoms with E-state index in [0.717, 1.165) is 19.4 Å². The standard InChI is InChI=1S/C18H25FN4O2S/c1-13(21-22-18(26)20-12-15-3-2-8-25-15)14-4-5-17(16(19)11-14)23-6-9-24-10-7-23/h4-5,11,15H,2-3,6-10,12H2,1H3,(H2,20,22,26)/b21-13-/t15-/m0/s1. The second-order valence-electron chi connectivity index (χ2n) is 6.42. The lowest BCUT2D eigenvalue weighted by molar-refractivity contribution is 0.114. The van der Waals surface area contributed by atoms with E-state index < -0.39 is 0 Å². The maximum Gasteiger partial charge on any atom is 0.187 e. The minimum absolute atomic E-state index is 0.210. The van der Waals surface area contributed by atoms with Gasteiger partial charge in [0.15, 0.2) is 5.11 Å². The average Bonchev–Trinajstić information content (AvgIpc) is 3.18. The Morgan fingerprint density at radius 1 is 1.35 bits per heavy atom. The highest BCUT2D eigenvalue weighted by atomic mass is 32.1. The highest BCUT2D eigenvalue weighted by Gasteiger charge is 2.16. The van der Waals surface area contributed by atoms with Gasteiger partial charge in [0.25, 0.3) is 0 Å². The second kappa shape index (κ2) is 9.25.